The zero-order valence-electron chi connectivity index (χ0n) is 20.9. The van der Waals surface area contributed by atoms with E-state index in [9.17, 15) is 59.0 Å². The molecule has 0 radical (unpaired) electrons. The van der Waals surface area contributed by atoms with Crippen molar-refractivity contribution in [2.24, 2.45) is 0 Å². The number of carboxylic acid groups (broad SMARTS) is 1. The van der Waals surface area contributed by atoms with Gasteiger partial charge in [-0.2, -0.15) is 39.5 Å². The molecule has 0 saturated carbocycles. The number of rotatable bonds is 8. The van der Waals surface area contributed by atoms with Crippen LogP contribution >= 0.6 is 34.8 Å². The number of carbonyl (C=O) groups is 3. The lowest BCUT2D eigenvalue weighted by Gasteiger charge is -2.23. The number of benzene rings is 2. The van der Waals surface area contributed by atoms with E-state index in [1.807, 2.05) is 5.43 Å². The Labute approximate surface area is 249 Å². The number of amides is 2. The maximum atomic E-state index is 15.2. The lowest BCUT2D eigenvalue weighted by atomic mass is 9.91. The highest BCUT2D eigenvalue weighted by Gasteiger charge is 2.43. The van der Waals surface area contributed by atoms with Crippen LogP contribution in [0.3, 0.4) is 0 Å². The Morgan fingerprint density at radius 3 is 2.02 bits per heavy atom. The maximum absolute atomic E-state index is 15.2. The molecule has 0 saturated heterocycles. The first-order valence-corrected chi connectivity index (χ1v) is 12.3. The first-order chi connectivity index (χ1) is 19.5. The zero-order valence-corrected chi connectivity index (χ0v) is 23.2. The molecule has 2 N–H and O–H groups in total. The second-order valence-electron chi connectivity index (χ2n) is 8.42. The van der Waals surface area contributed by atoms with Crippen molar-refractivity contribution in [3.05, 3.63) is 73.2 Å². The van der Waals surface area contributed by atoms with Crippen LogP contribution in [-0.4, -0.2) is 47.3 Å². The van der Waals surface area contributed by atoms with Gasteiger partial charge in [0.05, 0.1) is 38.2 Å². The average Bonchev–Trinajstić information content (AvgIpc) is 2.87. The molecule has 2 aromatic rings. The Hall–Kier alpha value is -3.08. The van der Waals surface area contributed by atoms with Crippen molar-refractivity contribution in [3.63, 3.8) is 0 Å². The lowest BCUT2D eigenvalue weighted by molar-refractivity contribution is -0.149. The number of nitrogens with one attached hydrogen (secondary N) is 1. The van der Waals surface area contributed by atoms with Gasteiger partial charge in [0.15, 0.2) is 0 Å². The van der Waals surface area contributed by atoms with E-state index in [-0.39, 0.29) is 23.2 Å². The van der Waals surface area contributed by atoms with Crippen molar-refractivity contribution >= 4 is 58.4 Å². The van der Waals surface area contributed by atoms with E-state index in [1.165, 1.54) is 0 Å². The zero-order chi connectivity index (χ0) is 33.2. The number of carboxylic acids is 1. The Kier molecular flexibility index (Phi) is 11.2. The standard InChI is InChI=1S/C24H15Cl3F10N2O4/c1-38-39(16(40)4-5-22(29,30)31)20(41)10-3-2-9(6-12(10)23(32,33)34)15(28)8-13(24(35,36)37)11-7-14(25)18(26)19(27)17(11)21(42)43/h2-3,6-8,13,38H,4-5H2,1H3,(H,42,43). The average molecular weight is 692 g/mol. The van der Waals surface area contributed by atoms with Gasteiger partial charge in [-0.25, -0.2) is 19.6 Å². The summed E-state index contributed by atoms with van der Waals surface area (Å²) in [5.74, 6) is -10.5. The monoisotopic (exact) mass is 690 g/mol. The first-order valence-electron chi connectivity index (χ1n) is 11.2. The summed E-state index contributed by atoms with van der Waals surface area (Å²) in [5, 5.41) is 7.02. The number of hydrazine groups is 1. The third kappa shape index (κ3) is 8.74. The predicted molar refractivity (Wildman–Crippen MR) is 133 cm³/mol. The Bertz CT molecular complexity index is 1460. The highest BCUT2D eigenvalue weighted by molar-refractivity contribution is 6.49. The van der Waals surface area contributed by atoms with Crippen LogP contribution in [0.15, 0.2) is 30.3 Å². The minimum atomic E-state index is -5.49. The fourth-order valence-electron chi connectivity index (χ4n) is 3.61. The molecular formula is C24H15Cl3F10N2O4. The molecule has 1 unspecified atom stereocenters. The molecule has 0 spiro atoms. The minimum absolute atomic E-state index is 0.0829. The van der Waals surface area contributed by atoms with Gasteiger partial charge in [-0.1, -0.05) is 40.9 Å². The molecule has 2 aromatic carbocycles. The van der Waals surface area contributed by atoms with Crippen molar-refractivity contribution in [1.29, 1.82) is 0 Å². The lowest BCUT2D eigenvalue weighted by Crippen LogP contribution is -2.46. The van der Waals surface area contributed by atoms with Crippen molar-refractivity contribution in [2.75, 3.05) is 7.05 Å². The summed E-state index contributed by atoms with van der Waals surface area (Å²) < 4.78 is 136. The first kappa shape index (κ1) is 36.1. The van der Waals surface area contributed by atoms with Crippen LogP contribution in [-0.2, 0) is 11.0 Å². The summed E-state index contributed by atoms with van der Waals surface area (Å²) in [6.07, 6.45) is -19.1. The third-order valence-electron chi connectivity index (χ3n) is 5.54. The van der Waals surface area contributed by atoms with Crippen LogP contribution < -0.4 is 5.43 Å². The quantitative estimate of drug-likeness (QED) is 0.165. The molecule has 0 fully saturated rings. The van der Waals surface area contributed by atoms with Gasteiger partial charge in [0, 0.05) is 19.0 Å². The van der Waals surface area contributed by atoms with E-state index in [4.69, 9.17) is 34.8 Å². The van der Waals surface area contributed by atoms with Crippen LogP contribution in [0.25, 0.3) is 5.83 Å². The SMILES string of the molecule is CNN(C(=O)CCC(F)(F)F)C(=O)c1ccc(C(F)=CC(c2cc(Cl)c(Cl)c(Cl)c2C(=O)O)C(F)(F)F)cc1C(F)(F)F. The van der Waals surface area contributed by atoms with Gasteiger partial charge in [0.1, 0.15) is 11.7 Å². The van der Waals surface area contributed by atoms with E-state index in [1.54, 1.807) is 0 Å². The van der Waals surface area contributed by atoms with Crippen molar-refractivity contribution in [1.82, 2.24) is 10.4 Å². The van der Waals surface area contributed by atoms with E-state index in [2.05, 4.69) is 0 Å². The number of halogens is 13. The number of hydrogen-bond acceptors (Lipinski definition) is 4. The maximum Gasteiger partial charge on any atom is 0.417 e. The molecule has 0 aromatic heterocycles. The third-order valence-corrected chi connectivity index (χ3v) is 6.80. The summed E-state index contributed by atoms with van der Waals surface area (Å²) in [5.41, 5.74) is -5.09. The number of hydrogen-bond donors (Lipinski definition) is 2. The van der Waals surface area contributed by atoms with Crippen LogP contribution in [0.4, 0.5) is 43.9 Å². The Morgan fingerprint density at radius 2 is 1.56 bits per heavy atom. The van der Waals surface area contributed by atoms with E-state index in [0.29, 0.717) is 12.1 Å². The van der Waals surface area contributed by atoms with Gasteiger partial charge in [0.2, 0.25) is 5.91 Å². The number of carbonyl (C=O) groups excluding carboxylic acids is 2. The molecule has 43 heavy (non-hydrogen) atoms. The Balaban J connectivity index is 2.68. The van der Waals surface area contributed by atoms with Crippen LogP contribution in [0.1, 0.15) is 56.2 Å². The molecule has 2 amide bonds. The van der Waals surface area contributed by atoms with Crippen LogP contribution in [0.2, 0.25) is 15.1 Å². The van der Waals surface area contributed by atoms with Gasteiger partial charge < -0.3 is 5.11 Å². The van der Waals surface area contributed by atoms with Gasteiger partial charge >= 0.3 is 24.5 Å². The smallest absolute Gasteiger partial charge is 0.417 e. The highest BCUT2D eigenvalue weighted by Crippen LogP contribution is 2.45. The van der Waals surface area contributed by atoms with Gasteiger partial charge in [-0.3, -0.25) is 9.59 Å². The van der Waals surface area contributed by atoms with Gasteiger partial charge in [0.25, 0.3) is 5.91 Å². The molecule has 0 heterocycles. The summed E-state index contributed by atoms with van der Waals surface area (Å²) in [6.45, 7) is 0. The summed E-state index contributed by atoms with van der Waals surface area (Å²) >= 11 is 17.2. The van der Waals surface area contributed by atoms with E-state index < -0.39 is 104 Å². The van der Waals surface area contributed by atoms with Crippen molar-refractivity contribution in [3.8, 4) is 0 Å². The van der Waals surface area contributed by atoms with Gasteiger partial charge in [-0.15, -0.1) is 0 Å². The summed E-state index contributed by atoms with van der Waals surface area (Å²) in [7, 11) is 0.839. The minimum Gasteiger partial charge on any atom is -0.478 e. The largest absolute Gasteiger partial charge is 0.478 e. The Morgan fingerprint density at radius 1 is 0.977 bits per heavy atom. The van der Waals surface area contributed by atoms with Crippen LogP contribution in [0, 0.1) is 0 Å². The fourth-order valence-corrected chi connectivity index (χ4v) is 4.31. The molecule has 0 aliphatic carbocycles. The topological polar surface area (TPSA) is 86.7 Å². The number of alkyl halides is 9. The van der Waals surface area contributed by atoms with Crippen LogP contribution in [0.5, 0.6) is 0 Å². The normalized spacial score (nSPS) is 13.6. The molecule has 2 rings (SSSR count). The van der Waals surface area contributed by atoms with Crippen molar-refractivity contribution < 1.29 is 63.4 Å². The molecule has 6 nitrogen and oxygen atoms in total. The summed E-state index contributed by atoms with van der Waals surface area (Å²) in [4.78, 5) is 36.4. The number of allylic oxidation sites excluding steroid dienone is 1. The molecule has 0 aliphatic heterocycles. The van der Waals surface area contributed by atoms with E-state index >= 15 is 4.39 Å². The predicted octanol–water partition coefficient (Wildman–Crippen LogP) is 8.47. The number of aromatic carboxylic acids is 1. The number of imide groups is 1. The summed E-state index contributed by atoms with van der Waals surface area (Å²) in [6, 6.07) is 1.07. The second kappa shape index (κ2) is 13.3. The number of nitrogens with zero attached hydrogens (tertiary/aromatic N) is 1. The fraction of sp³-hybridized carbons (Fsp3) is 0.292. The van der Waals surface area contributed by atoms with Crippen molar-refractivity contribution in [2.45, 2.75) is 37.3 Å². The molecule has 236 valence electrons. The molecule has 0 aliphatic rings. The molecule has 19 heteroatoms. The van der Waals surface area contributed by atoms with Gasteiger partial charge in [-0.05, 0) is 29.8 Å². The second-order valence-corrected chi connectivity index (χ2v) is 9.58. The molecule has 0 bridgehead atoms. The van der Waals surface area contributed by atoms with E-state index in [0.717, 1.165) is 7.05 Å². The molecular weight excluding hydrogens is 677 g/mol. The molecule has 1 atom stereocenters. The highest BCUT2D eigenvalue weighted by atomic mass is 35.5.